The highest BCUT2D eigenvalue weighted by Crippen LogP contribution is 2.75. The Kier molecular flexibility index (Phi) is 6.94. The van der Waals surface area contributed by atoms with Gasteiger partial charge in [0.2, 0.25) is 0 Å². The third-order valence-corrected chi connectivity index (χ3v) is 14.9. The number of rotatable bonds is 2. The van der Waals surface area contributed by atoms with E-state index in [1.807, 2.05) is 0 Å². The predicted molar refractivity (Wildman–Crippen MR) is 162 cm³/mol. The number of aliphatic hydroxyl groups is 4. The number of hydrogen-bond donors (Lipinski definition) is 4. The molecule has 5 nitrogen and oxygen atoms in total. The molecule has 1 aliphatic heterocycles. The summed E-state index contributed by atoms with van der Waals surface area (Å²) in [6.07, 6.45) is 10.8. The maximum absolute atomic E-state index is 11.1. The minimum atomic E-state index is -1.31. The van der Waals surface area contributed by atoms with Crippen LogP contribution in [0.1, 0.15) is 113 Å². The molecule has 12 atom stereocenters. The van der Waals surface area contributed by atoms with Crippen molar-refractivity contribution in [2.45, 2.75) is 144 Å². The summed E-state index contributed by atoms with van der Waals surface area (Å²) in [7, 11) is 0. The van der Waals surface area contributed by atoms with Gasteiger partial charge < -0.3 is 25.2 Å². The van der Waals surface area contributed by atoms with Crippen molar-refractivity contribution in [2.75, 3.05) is 6.61 Å². The highest BCUT2D eigenvalue weighted by molar-refractivity contribution is 5.45. The van der Waals surface area contributed by atoms with E-state index in [1.165, 1.54) is 38.5 Å². The fourth-order valence-electron chi connectivity index (χ4n) is 11.9. The van der Waals surface area contributed by atoms with E-state index in [-0.39, 0.29) is 34.2 Å². The Hall–Kier alpha value is -0.720. The normalized spacial score (nSPS) is 54.0. The van der Waals surface area contributed by atoms with Crippen molar-refractivity contribution in [1.29, 1.82) is 0 Å². The van der Waals surface area contributed by atoms with E-state index in [0.717, 1.165) is 19.3 Å². The van der Waals surface area contributed by atoms with Crippen LogP contribution in [0.15, 0.2) is 23.3 Å². The van der Waals surface area contributed by atoms with Crippen molar-refractivity contribution >= 4 is 0 Å². The first-order valence-electron chi connectivity index (χ1n) is 16.7. The van der Waals surface area contributed by atoms with Crippen LogP contribution >= 0.6 is 0 Å². The minimum absolute atomic E-state index is 0.0387. The molecule has 2 unspecified atom stereocenters. The smallest absolute Gasteiger partial charge is 0.111 e. The molecule has 0 amide bonds. The SMILES string of the molecule is CC1(C)CC[C@]2(C)CC[C@]3(C)C(=C2C1)C=C[C@@H]1[C@@]2(C)CCC([C@@H]4O[C@H](CO)[C@@H](O)[C@H](O)[C@H]4O)C(C)(C)C2CC[C@]13C. The van der Waals surface area contributed by atoms with Gasteiger partial charge in [0, 0.05) is 0 Å². The Morgan fingerprint density at radius 3 is 2.17 bits per heavy atom. The number of allylic oxidation sites excluding steroid dienone is 4. The molecule has 0 radical (unpaired) electrons. The molecule has 4 N–H and O–H groups in total. The van der Waals surface area contributed by atoms with Crippen LogP contribution in [-0.4, -0.2) is 57.6 Å². The molecule has 5 aliphatic carbocycles. The van der Waals surface area contributed by atoms with E-state index in [0.29, 0.717) is 22.7 Å². The summed E-state index contributed by atoms with van der Waals surface area (Å²) in [4.78, 5) is 0. The van der Waals surface area contributed by atoms with E-state index in [1.54, 1.807) is 11.1 Å². The first-order valence-corrected chi connectivity index (χ1v) is 16.7. The van der Waals surface area contributed by atoms with Crippen LogP contribution < -0.4 is 0 Å². The fourth-order valence-corrected chi connectivity index (χ4v) is 11.9. The maximum atomic E-state index is 11.1. The molecule has 41 heavy (non-hydrogen) atoms. The largest absolute Gasteiger partial charge is 0.394 e. The lowest BCUT2D eigenvalue weighted by molar-refractivity contribution is -0.266. The van der Waals surface area contributed by atoms with Crippen LogP contribution in [0.5, 0.6) is 0 Å². The van der Waals surface area contributed by atoms with Crippen molar-refractivity contribution in [3.05, 3.63) is 23.3 Å². The Bertz CT molecular complexity index is 1120. The predicted octanol–water partition coefficient (Wildman–Crippen LogP) is 6.19. The van der Waals surface area contributed by atoms with Gasteiger partial charge in [-0.05, 0) is 114 Å². The van der Waals surface area contributed by atoms with Crippen LogP contribution in [0, 0.1) is 50.2 Å². The quantitative estimate of drug-likeness (QED) is 0.318. The van der Waals surface area contributed by atoms with Gasteiger partial charge in [0.1, 0.15) is 24.4 Å². The van der Waals surface area contributed by atoms with Crippen molar-refractivity contribution < 1.29 is 25.2 Å². The number of hydrogen-bond acceptors (Lipinski definition) is 5. The molecular weight excluding hydrogens is 512 g/mol. The number of fused-ring (bicyclic) bond motifs is 6. The third kappa shape index (κ3) is 4.04. The molecule has 0 spiro atoms. The molecule has 1 heterocycles. The molecule has 6 rings (SSSR count). The molecule has 0 bridgehead atoms. The summed E-state index contributed by atoms with van der Waals surface area (Å²) >= 11 is 0. The zero-order valence-corrected chi connectivity index (χ0v) is 27.0. The molecular formula is C36H58O5. The Balaban J connectivity index is 1.36. The van der Waals surface area contributed by atoms with Crippen molar-refractivity contribution in [2.24, 2.45) is 50.2 Å². The van der Waals surface area contributed by atoms with Gasteiger partial charge in [0.25, 0.3) is 0 Å². The van der Waals surface area contributed by atoms with Gasteiger partial charge in [-0.1, -0.05) is 73.1 Å². The van der Waals surface area contributed by atoms with E-state index in [9.17, 15) is 20.4 Å². The molecule has 3 saturated carbocycles. The van der Waals surface area contributed by atoms with Crippen molar-refractivity contribution in [3.8, 4) is 0 Å². The Morgan fingerprint density at radius 2 is 1.49 bits per heavy atom. The second-order valence-corrected chi connectivity index (χ2v) is 17.7. The minimum Gasteiger partial charge on any atom is -0.394 e. The van der Waals surface area contributed by atoms with Crippen LogP contribution in [0.4, 0.5) is 0 Å². The lowest BCUT2D eigenvalue weighted by Gasteiger charge is -2.70. The van der Waals surface area contributed by atoms with E-state index < -0.39 is 30.5 Å². The summed E-state index contributed by atoms with van der Waals surface area (Å²) in [6, 6.07) is 0. The summed E-state index contributed by atoms with van der Waals surface area (Å²) < 4.78 is 6.18. The van der Waals surface area contributed by atoms with E-state index in [2.05, 4.69) is 67.5 Å². The molecule has 0 aromatic carbocycles. The molecule has 0 aromatic heterocycles. The molecule has 232 valence electrons. The number of ether oxygens (including phenoxy) is 1. The van der Waals surface area contributed by atoms with Crippen LogP contribution in [-0.2, 0) is 4.74 Å². The van der Waals surface area contributed by atoms with E-state index in [4.69, 9.17) is 4.74 Å². The van der Waals surface area contributed by atoms with Gasteiger partial charge >= 0.3 is 0 Å². The van der Waals surface area contributed by atoms with Gasteiger partial charge in [-0.3, -0.25) is 0 Å². The molecule has 0 aromatic rings. The maximum Gasteiger partial charge on any atom is 0.111 e. The van der Waals surface area contributed by atoms with Gasteiger partial charge in [0.15, 0.2) is 0 Å². The standard InChI is InChI=1S/C36H58O5/c1-31(2)15-16-33(5)17-18-35(7)21(23(33)19-31)9-10-26-34(6)13-11-22(32(3,4)25(34)12-14-36(26,35)8)30-29(40)28(39)27(38)24(20-37)41-30/h9-10,22,24-30,37-40H,11-20H2,1-8H3/t22?,24-,25?,26-,27-,28+,29-,30+,33-,34+,35-,36-/m1/s1. The lowest BCUT2D eigenvalue weighted by Crippen LogP contribution is -2.66. The first kappa shape index (κ1) is 30.3. The highest BCUT2D eigenvalue weighted by atomic mass is 16.5. The number of aliphatic hydroxyl groups excluding tert-OH is 4. The Labute approximate surface area is 248 Å². The second kappa shape index (κ2) is 9.39. The first-order chi connectivity index (χ1) is 19.0. The van der Waals surface area contributed by atoms with Crippen LogP contribution in [0.2, 0.25) is 0 Å². The highest BCUT2D eigenvalue weighted by Gasteiger charge is 2.67. The zero-order valence-electron chi connectivity index (χ0n) is 27.0. The molecule has 4 fully saturated rings. The second-order valence-electron chi connectivity index (χ2n) is 17.7. The van der Waals surface area contributed by atoms with Gasteiger partial charge in [-0.15, -0.1) is 0 Å². The topological polar surface area (TPSA) is 90.2 Å². The summed E-state index contributed by atoms with van der Waals surface area (Å²) in [5, 5.41) is 41.9. The van der Waals surface area contributed by atoms with Gasteiger partial charge in [-0.2, -0.15) is 0 Å². The van der Waals surface area contributed by atoms with Crippen LogP contribution in [0.25, 0.3) is 0 Å². The molecule has 6 aliphatic rings. The van der Waals surface area contributed by atoms with E-state index >= 15 is 0 Å². The summed E-state index contributed by atoms with van der Waals surface area (Å²) in [6.45, 7) is 19.6. The summed E-state index contributed by atoms with van der Waals surface area (Å²) in [5.41, 5.74) is 4.54. The third-order valence-electron chi connectivity index (χ3n) is 14.9. The van der Waals surface area contributed by atoms with Gasteiger partial charge in [0.05, 0.1) is 12.7 Å². The van der Waals surface area contributed by atoms with Gasteiger partial charge in [-0.25, -0.2) is 0 Å². The Morgan fingerprint density at radius 1 is 0.805 bits per heavy atom. The fraction of sp³-hybridized carbons (Fsp3) is 0.889. The molecule has 1 saturated heterocycles. The average molecular weight is 571 g/mol. The lowest BCUT2D eigenvalue weighted by atomic mass is 9.34. The molecule has 5 heteroatoms. The van der Waals surface area contributed by atoms with Crippen LogP contribution in [0.3, 0.4) is 0 Å². The average Bonchev–Trinajstić information content (AvgIpc) is 2.89. The van der Waals surface area contributed by atoms with Crippen molar-refractivity contribution in [1.82, 2.24) is 0 Å². The van der Waals surface area contributed by atoms with Crippen molar-refractivity contribution in [3.63, 3.8) is 0 Å². The monoisotopic (exact) mass is 570 g/mol. The summed E-state index contributed by atoms with van der Waals surface area (Å²) in [5.74, 6) is 0.972. The zero-order chi connectivity index (χ0) is 30.0.